The highest BCUT2D eigenvalue weighted by Crippen LogP contribution is 2.17. The van der Waals surface area contributed by atoms with Crippen molar-refractivity contribution in [3.8, 4) is 0 Å². The van der Waals surface area contributed by atoms with Crippen LogP contribution in [0.4, 0.5) is 11.6 Å². The summed E-state index contributed by atoms with van der Waals surface area (Å²) >= 11 is 0. The number of nitrogens with two attached hydrogens (primary N) is 2. The number of hydrogen-bond donors (Lipinski definition) is 3. The molecule has 0 radical (unpaired) electrons. The second-order valence-electron chi connectivity index (χ2n) is 1.56. The van der Waals surface area contributed by atoms with E-state index in [1.807, 2.05) is 0 Å². The van der Waals surface area contributed by atoms with Crippen molar-refractivity contribution >= 4 is 11.6 Å². The van der Waals surface area contributed by atoms with E-state index in [1.54, 1.807) is 0 Å². The molecule has 0 aliphatic rings. The summed E-state index contributed by atoms with van der Waals surface area (Å²) in [5, 5.41) is 24.6. The molecule has 0 aromatic carbocycles. The zero-order chi connectivity index (χ0) is 11.1. The van der Waals surface area contributed by atoms with Crippen LogP contribution < -0.4 is 17.1 Å². The van der Waals surface area contributed by atoms with Crippen molar-refractivity contribution in [3.63, 3.8) is 0 Å². The molecule has 12 nitrogen and oxygen atoms in total. The highest BCUT2D eigenvalue weighted by atomic mass is 16.7. The third-order valence-corrected chi connectivity index (χ3v) is 0.841. The summed E-state index contributed by atoms with van der Waals surface area (Å²) in [6.45, 7) is 0. The molecule has 0 fully saturated rings. The predicted molar refractivity (Wildman–Crippen MR) is 39.9 cm³/mol. The van der Waals surface area contributed by atoms with Gasteiger partial charge in [0.2, 0.25) is 0 Å². The van der Waals surface area contributed by atoms with Gasteiger partial charge in [-0.15, -0.1) is 4.63 Å². The molecule has 12 heteroatoms. The largest absolute Gasteiger partial charge is 0.464 e. The molecule has 0 bridgehead atoms. The van der Waals surface area contributed by atoms with Crippen molar-refractivity contribution in [1.82, 2.24) is 10.3 Å². The summed E-state index contributed by atoms with van der Waals surface area (Å²) in [4.78, 5) is 18.9. The summed E-state index contributed by atoms with van der Waals surface area (Å²) in [7, 11) is 0. The molecule has 0 unspecified atom stereocenters. The van der Waals surface area contributed by atoms with Crippen molar-refractivity contribution in [2.75, 3.05) is 5.43 Å². The average molecular weight is 207 g/mol. The number of anilines is 1. The number of nitro groups is 2. The molecule has 0 aliphatic heterocycles. The van der Waals surface area contributed by atoms with Crippen LogP contribution in [0.3, 0.4) is 0 Å². The minimum absolute atomic E-state index is 0.634. The Bertz CT molecular complexity index is 320. The van der Waals surface area contributed by atoms with E-state index in [0.717, 1.165) is 0 Å². The molecule has 1 heterocycles. The lowest BCUT2D eigenvalue weighted by atomic mass is 10.7. The van der Waals surface area contributed by atoms with Crippen LogP contribution in [0.15, 0.2) is 4.63 Å². The zero-order valence-corrected chi connectivity index (χ0v) is 6.48. The molecule has 1 aromatic rings. The normalized spacial score (nSPS) is 8.43. The number of nitrogens with one attached hydrogen (secondary N) is 1. The van der Waals surface area contributed by atoms with Crippen LogP contribution in [-0.2, 0) is 0 Å². The van der Waals surface area contributed by atoms with E-state index in [0.29, 0.717) is 0 Å². The van der Waals surface area contributed by atoms with E-state index in [1.165, 1.54) is 5.43 Å². The molecule has 0 aliphatic carbocycles. The van der Waals surface area contributed by atoms with E-state index < -0.39 is 21.6 Å². The molecule has 0 amide bonds. The van der Waals surface area contributed by atoms with E-state index >= 15 is 0 Å². The first-order chi connectivity index (χ1) is 6.61. The van der Waals surface area contributed by atoms with E-state index in [-0.39, 0.29) is 0 Å². The van der Waals surface area contributed by atoms with Crippen LogP contribution >= 0.6 is 0 Å². The molecular formula is C2H5N7O5. The summed E-state index contributed by atoms with van der Waals surface area (Å²) < 4.78 is 3.90. The molecule has 0 spiro atoms. The Morgan fingerprint density at radius 2 is 1.86 bits per heavy atom. The van der Waals surface area contributed by atoms with Crippen LogP contribution in [0.25, 0.3) is 0 Å². The molecule has 0 saturated carbocycles. The van der Waals surface area contributed by atoms with Crippen molar-refractivity contribution in [2.45, 2.75) is 0 Å². The average Bonchev–Trinajstić information content (AvgIpc) is 2.55. The highest BCUT2D eigenvalue weighted by Gasteiger charge is 2.25. The SMILES string of the molecule is NN.O=[N+]([O-])Nc1nonc1[N+](=O)[O-]. The highest BCUT2D eigenvalue weighted by molar-refractivity contribution is 5.46. The van der Waals surface area contributed by atoms with Gasteiger partial charge in [0, 0.05) is 5.16 Å². The monoisotopic (exact) mass is 207 g/mol. The van der Waals surface area contributed by atoms with Gasteiger partial charge in [0.1, 0.15) is 0 Å². The Balaban J connectivity index is 0.000000791. The number of rotatable bonds is 3. The van der Waals surface area contributed by atoms with Gasteiger partial charge in [-0.1, -0.05) is 5.43 Å². The van der Waals surface area contributed by atoms with E-state index in [9.17, 15) is 20.2 Å². The minimum Gasteiger partial charge on any atom is -0.358 e. The number of hydrazine groups is 2. The van der Waals surface area contributed by atoms with E-state index in [2.05, 4.69) is 26.6 Å². The maximum Gasteiger partial charge on any atom is 0.464 e. The fourth-order valence-corrected chi connectivity index (χ4v) is 0.461. The number of hydrogen-bond acceptors (Lipinski definition) is 9. The Morgan fingerprint density at radius 3 is 2.29 bits per heavy atom. The van der Waals surface area contributed by atoms with Gasteiger partial charge >= 0.3 is 11.6 Å². The Kier molecular flexibility index (Phi) is 4.44. The van der Waals surface area contributed by atoms with Gasteiger partial charge in [-0.2, -0.15) is 0 Å². The first kappa shape index (κ1) is 11.7. The fraction of sp³-hybridized carbons (Fsp3) is 0. The van der Waals surface area contributed by atoms with Crippen LogP contribution in [0.1, 0.15) is 0 Å². The Morgan fingerprint density at radius 1 is 1.29 bits per heavy atom. The van der Waals surface area contributed by atoms with Gasteiger partial charge in [-0.3, -0.25) is 11.7 Å². The van der Waals surface area contributed by atoms with Crippen molar-refractivity contribution in [2.24, 2.45) is 11.7 Å². The van der Waals surface area contributed by atoms with E-state index in [4.69, 9.17) is 0 Å². The fourth-order valence-electron chi connectivity index (χ4n) is 0.461. The second-order valence-corrected chi connectivity index (χ2v) is 1.56. The van der Waals surface area contributed by atoms with Gasteiger partial charge in [-0.25, -0.2) is 10.1 Å². The summed E-state index contributed by atoms with van der Waals surface area (Å²) in [6, 6.07) is 0. The molecule has 0 atom stereocenters. The van der Waals surface area contributed by atoms with Gasteiger partial charge in [-0.05, 0) is 4.92 Å². The lowest BCUT2D eigenvalue weighted by Crippen LogP contribution is -2.09. The van der Waals surface area contributed by atoms with Crippen LogP contribution in [-0.4, -0.2) is 20.3 Å². The van der Waals surface area contributed by atoms with Crippen molar-refractivity contribution in [1.29, 1.82) is 0 Å². The minimum atomic E-state index is -1.01. The maximum atomic E-state index is 10.0. The predicted octanol–water partition coefficient (Wildman–Crippen LogP) is -1.60. The Hall–Kier alpha value is -2.34. The first-order valence-electron chi connectivity index (χ1n) is 2.82. The number of nitrogens with zero attached hydrogens (tertiary/aromatic N) is 4. The van der Waals surface area contributed by atoms with Crippen LogP contribution in [0, 0.1) is 20.2 Å². The second kappa shape index (κ2) is 5.33. The van der Waals surface area contributed by atoms with Gasteiger partial charge in [0.15, 0.2) is 10.2 Å². The van der Waals surface area contributed by atoms with Gasteiger partial charge in [0.25, 0.3) is 0 Å². The van der Waals surface area contributed by atoms with Crippen LogP contribution in [0.2, 0.25) is 0 Å². The van der Waals surface area contributed by atoms with Crippen molar-refractivity contribution in [3.05, 3.63) is 20.2 Å². The van der Waals surface area contributed by atoms with Crippen molar-refractivity contribution < 1.29 is 14.6 Å². The molecule has 1 aromatic heterocycles. The lowest BCUT2D eigenvalue weighted by molar-refractivity contribution is -0.447. The first-order valence-corrected chi connectivity index (χ1v) is 2.82. The summed E-state index contributed by atoms with van der Waals surface area (Å²) in [5.74, 6) is 6.54. The van der Waals surface area contributed by atoms with Gasteiger partial charge in [0.05, 0.1) is 0 Å². The molecule has 78 valence electrons. The molecular weight excluding hydrogens is 202 g/mol. The maximum absolute atomic E-state index is 10.0. The topological polar surface area (TPSA) is 189 Å². The third kappa shape index (κ3) is 2.95. The molecule has 5 N–H and O–H groups in total. The zero-order valence-electron chi connectivity index (χ0n) is 6.48. The molecule has 1 rings (SSSR count). The smallest absolute Gasteiger partial charge is 0.358 e. The lowest BCUT2D eigenvalue weighted by Gasteiger charge is -1.88. The van der Waals surface area contributed by atoms with Crippen LogP contribution in [0.5, 0.6) is 0 Å². The Labute approximate surface area is 75.0 Å². The number of aromatic nitrogens is 2. The van der Waals surface area contributed by atoms with Gasteiger partial charge < -0.3 is 10.1 Å². The molecule has 14 heavy (non-hydrogen) atoms. The quantitative estimate of drug-likeness (QED) is 0.295. The third-order valence-electron chi connectivity index (χ3n) is 0.841. The summed E-state index contributed by atoms with van der Waals surface area (Å²) in [5.41, 5.74) is 1.45. The summed E-state index contributed by atoms with van der Waals surface area (Å²) in [6.07, 6.45) is 0. The standard InChI is InChI=1S/C2HN5O5.H4N2/c8-6(9)2-1(3-7(10)11)4-12-5-2;1-2/h(H,3,4);1-2H2. The molecule has 0 saturated heterocycles.